The summed E-state index contributed by atoms with van der Waals surface area (Å²) in [4.78, 5) is 29.2. The third-order valence-electron chi connectivity index (χ3n) is 4.87. The zero-order chi connectivity index (χ0) is 19.9. The van der Waals surface area contributed by atoms with Gasteiger partial charge in [-0.05, 0) is 61.7 Å². The van der Waals surface area contributed by atoms with Gasteiger partial charge in [0.25, 0.3) is 0 Å². The molecular formula is C22H27N3O2S. The zero-order valence-corrected chi connectivity index (χ0v) is 17.3. The van der Waals surface area contributed by atoms with E-state index in [1.165, 1.54) is 10.5 Å². The monoisotopic (exact) mass is 397 g/mol. The van der Waals surface area contributed by atoms with Crippen molar-refractivity contribution in [2.45, 2.75) is 30.7 Å². The number of hydrogen-bond donors (Lipinski definition) is 1. The van der Waals surface area contributed by atoms with Crippen molar-refractivity contribution in [3.8, 4) is 0 Å². The molecule has 0 bridgehead atoms. The van der Waals surface area contributed by atoms with Gasteiger partial charge in [0.1, 0.15) is 0 Å². The Morgan fingerprint density at radius 2 is 1.86 bits per heavy atom. The number of carbonyl (C=O) groups is 2. The van der Waals surface area contributed by atoms with Gasteiger partial charge in [0, 0.05) is 48.7 Å². The summed E-state index contributed by atoms with van der Waals surface area (Å²) in [5.41, 5.74) is 2.90. The first-order valence-corrected chi connectivity index (χ1v) is 10.8. The minimum absolute atomic E-state index is 0.00502. The lowest BCUT2D eigenvalue weighted by molar-refractivity contribution is -0.117. The maximum Gasteiger partial charge on any atom is 0.227 e. The standard InChI is InChI=1S/C22H27N3O2S/c1-24(16-17-5-11-20(28-2)12-6-17)15-13-21(26)23-18-7-9-19(10-8-18)25-14-3-4-22(25)27/h5-12H,3-4,13-16H2,1-2H3,(H,23,26). The number of anilines is 2. The van der Waals surface area contributed by atoms with Gasteiger partial charge in [0.15, 0.2) is 0 Å². The summed E-state index contributed by atoms with van der Waals surface area (Å²) >= 11 is 1.73. The molecule has 2 amide bonds. The normalized spacial score (nSPS) is 14.0. The van der Waals surface area contributed by atoms with E-state index in [1.54, 1.807) is 16.7 Å². The Bertz CT molecular complexity index is 806. The third kappa shape index (κ3) is 5.59. The molecule has 2 aromatic carbocycles. The number of rotatable bonds is 8. The first-order valence-electron chi connectivity index (χ1n) is 9.57. The maximum atomic E-state index is 12.2. The number of amides is 2. The molecule has 0 unspecified atom stereocenters. The highest BCUT2D eigenvalue weighted by molar-refractivity contribution is 7.98. The summed E-state index contributed by atoms with van der Waals surface area (Å²) in [6.07, 6.45) is 4.03. The van der Waals surface area contributed by atoms with Gasteiger partial charge < -0.3 is 15.1 Å². The lowest BCUT2D eigenvalue weighted by Gasteiger charge is -2.17. The fourth-order valence-corrected chi connectivity index (χ4v) is 3.69. The minimum Gasteiger partial charge on any atom is -0.326 e. The lowest BCUT2D eigenvalue weighted by atomic mass is 10.2. The predicted molar refractivity (Wildman–Crippen MR) is 116 cm³/mol. The molecule has 0 spiro atoms. The van der Waals surface area contributed by atoms with Crippen LogP contribution >= 0.6 is 11.8 Å². The van der Waals surface area contributed by atoms with Crippen LogP contribution in [0.1, 0.15) is 24.8 Å². The average molecular weight is 398 g/mol. The van der Waals surface area contributed by atoms with Crippen LogP contribution in [0.5, 0.6) is 0 Å². The van der Waals surface area contributed by atoms with Crippen LogP contribution in [0.2, 0.25) is 0 Å². The van der Waals surface area contributed by atoms with Gasteiger partial charge in [-0.15, -0.1) is 11.8 Å². The minimum atomic E-state index is -0.00502. The first kappa shape index (κ1) is 20.4. The smallest absolute Gasteiger partial charge is 0.227 e. The van der Waals surface area contributed by atoms with Gasteiger partial charge in [-0.25, -0.2) is 0 Å². The number of nitrogens with one attached hydrogen (secondary N) is 1. The Morgan fingerprint density at radius 1 is 1.14 bits per heavy atom. The topological polar surface area (TPSA) is 52.7 Å². The Balaban J connectivity index is 1.43. The van der Waals surface area contributed by atoms with Crippen LogP contribution in [-0.4, -0.2) is 43.1 Å². The summed E-state index contributed by atoms with van der Waals surface area (Å²) < 4.78 is 0. The molecule has 1 fully saturated rings. The van der Waals surface area contributed by atoms with Crippen molar-refractivity contribution < 1.29 is 9.59 Å². The molecule has 6 heteroatoms. The van der Waals surface area contributed by atoms with Crippen LogP contribution in [0.3, 0.4) is 0 Å². The lowest BCUT2D eigenvalue weighted by Crippen LogP contribution is -2.24. The van der Waals surface area contributed by atoms with Crippen molar-refractivity contribution in [2.24, 2.45) is 0 Å². The summed E-state index contributed by atoms with van der Waals surface area (Å²) in [6, 6.07) is 16.0. The largest absolute Gasteiger partial charge is 0.326 e. The van der Waals surface area contributed by atoms with Crippen LogP contribution < -0.4 is 10.2 Å². The van der Waals surface area contributed by atoms with Crippen LogP contribution in [0, 0.1) is 0 Å². The van der Waals surface area contributed by atoms with Crippen LogP contribution in [-0.2, 0) is 16.1 Å². The molecule has 1 aliphatic heterocycles. The Morgan fingerprint density at radius 3 is 2.46 bits per heavy atom. The quantitative estimate of drug-likeness (QED) is 0.684. The number of thioether (sulfide) groups is 1. The molecular weight excluding hydrogens is 370 g/mol. The fourth-order valence-electron chi connectivity index (χ4n) is 3.28. The van der Waals surface area contributed by atoms with Gasteiger partial charge in [-0.1, -0.05) is 12.1 Å². The van der Waals surface area contributed by atoms with E-state index in [4.69, 9.17) is 0 Å². The number of benzene rings is 2. The second kappa shape index (κ2) is 9.75. The predicted octanol–water partition coefficient (Wildman–Crippen LogP) is 4.00. The van der Waals surface area contributed by atoms with E-state index >= 15 is 0 Å². The molecule has 0 radical (unpaired) electrons. The van der Waals surface area contributed by atoms with Crippen LogP contribution in [0.15, 0.2) is 53.4 Å². The molecule has 5 nitrogen and oxygen atoms in total. The Labute approximate surface area is 171 Å². The van der Waals surface area contributed by atoms with Gasteiger partial charge >= 0.3 is 0 Å². The summed E-state index contributed by atoms with van der Waals surface area (Å²) in [6.45, 7) is 2.29. The number of hydrogen-bond acceptors (Lipinski definition) is 4. The van der Waals surface area contributed by atoms with Crippen molar-refractivity contribution in [1.29, 1.82) is 0 Å². The number of nitrogens with zero attached hydrogens (tertiary/aromatic N) is 2. The molecule has 0 atom stereocenters. The van der Waals surface area contributed by atoms with E-state index in [1.807, 2.05) is 31.3 Å². The van der Waals surface area contributed by atoms with E-state index < -0.39 is 0 Å². The average Bonchev–Trinajstić information content (AvgIpc) is 3.13. The molecule has 1 N–H and O–H groups in total. The van der Waals surface area contributed by atoms with Gasteiger partial charge in [-0.3, -0.25) is 9.59 Å². The van der Waals surface area contributed by atoms with Gasteiger partial charge in [0.05, 0.1) is 0 Å². The van der Waals surface area contributed by atoms with E-state index in [9.17, 15) is 9.59 Å². The molecule has 3 rings (SSSR count). The molecule has 0 aliphatic carbocycles. The first-order chi connectivity index (χ1) is 13.5. The van der Waals surface area contributed by atoms with Crippen molar-refractivity contribution in [2.75, 3.05) is 36.6 Å². The van der Waals surface area contributed by atoms with E-state index in [0.29, 0.717) is 19.4 Å². The SMILES string of the molecule is CSc1ccc(CN(C)CCC(=O)Nc2ccc(N3CCCC3=O)cc2)cc1. The van der Waals surface area contributed by atoms with Gasteiger partial charge in [-0.2, -0.15) is 0 Å². The number of carbonyl (C=O) groups excluding carboxylic acids is 2. The molecule has 28 heavy (non-hydrogen) atoms. The molecule has 1 aliphatic rings. The fraction of sp³-hybridized carbons (Fsp3) is 0.364. The van der Waals surface area contributed by atoms with Crippen molar-refractivity contribution >= 4 is 35.0 Å². The Hall–Kier alpha value is -2.31. The molecule has 1 saturated heterocycles. The van der Waals surface area contributed by atoms with Crippen molar-refractivity contribution in [1.82, 2.24) is 4.90 Å². The molecule has 148 valence electrons. The zero-order valence-electron chi connectivity index (χ0n) is 16.5. The summed E-state index contributed by atoms with van der Waals surface area (Å²) in [7, 11) is 2.03. The van der Waals surface area contributed by atoms with Gasteiger partial charge in [0.2, 0.25) is 11.8 Å². The second-order valence-electron chi connectivity index (χ2n) is 7.08. The van der Waals surface area contributed by atoms with Crippen molar-refractivity contribution in [3.05, 3.63) is 54.1 Å². The summed E-state index contributed by atoms with van der Waals surface area (Å²) in [5, 5.41) is 2.93. The highest BCUT2D eigenvalue weighted by Crippen LogP contribution is 2.23. The van der Waals surface area contributed by atoms with E-state index in [2.05, 4.69) is 40.7 Å². The van der Waals surface area contributed by atoms with Crippen LogP contribution in [0.25, 0.3) is 0 Å². The summed E-state index contributed by atoms with van der Waals surface area (Å²) in [5.74, 6) is 0.164. The van der Waals surface area contributed by atoms with E-state index in [0.717, 1.165) is 30.9 Å². The van der Waals surface area contributed by atoms with Crippen LogP contribution in [0.4, 0.5) is 11.4 Å². The van der Waals surface area contributed by atoms with Crippen molar-refractivity contribution in [3.63, 3.8) is 0 Å². The molecule has 0 saturated carbocycles. The molecule has 2 aromatic rings. The third-order valence-corrected chi connectivity index (χ3v) is 5.61. The second-order valence-corrected chi connectivity index (χ2v) is 7.96. The highest BCUT2D eigenvalue weighted by atomic mass is 32.2. The van der Waals surface area contributed by atoms with E-state index in [-0.39, 0.29) is 11.8 Å². The highest BCUT2D eigenvalue weighted by Gasteiger charge is 2.21. The Kier molecular flexibility index (Phi) is 7.12. The molecule has 1 heterocycles. The maximum absolute atomic E-state index is 12.2. The molecule has 0 aromatic heterocycles.